The second-order valence-corrected chi connectivity index (χ2v) is 4.57. The third kappa shape index (κ3) is 1.89. The van der Waals surface area contributed by atoms with Crippen molar-refractivity contribution in [2.75, 3.05) is 0 Å². The highest BCUT2D eigenvalue weighted by atomic mass is 35.5. The fourth-order valence-corrected chi connectivity index (χ4v) is 2.43. The third-order valence-corrected chi connectivity index (χ3v) is 3.44. The number of aryl methyl sites for hydroxylation is 1. The summed E-state index contributed by atoms with van der Waals surface area (Å²) in [6, 6.07) is 7.56. The third-order valence-electron chi connectivity index (χ3n) is 3.13. The molecule has 0 aliphatic rings. The van der Waals surface area contributed by atoms with Gasteiger partial charge in [0.15, 0.2) is 0 Å². The Balaban J connectivity index is 2.71. The lowest BCUT2D eigenvalue weighted by Gasteiger charge is -2.08. The SMILES string of the molecule is CCc1c(C)nn(-c2cccc(Cl)c2C#N)c1C. The van der Waals surface area contributed by atoms with Gasteiger partial charge in [0.1, 0.15) is 6.07 Å². The minimum absolute atomic E-state index is 0.459. The van der Waals surface area contributed by atoms with Crippen LogP contribution in [-0.4, -0.2) is 9.78 Å². The van der Waals surface area contributed by atoms with Crippen LogP contribution in [0.3, 0.4) is 0 Å². The summed E-state index contributed by atoms with van der Waals surface area (Å²) in [5.74, 6) is 0. The van der Waals surface area contributed by atoms with Gasteiger partial charge < -0.3 is 0 Å². The number of nitriles is 1. The Labute approximate surface area is 112 Å². The lowest BCUT2D eigenvalue weighted by Crippen LogP contribution is -2.02. The minimum atomic E-state index is 0.459. The number of halogens is 1. The molecule has 4 heteroatoms. The van der Waals surface area contributed by atoms with E-state index >= 15 is 0 Å². The zero-order valence-electron chi connectivity index (χ0n) is 10.7. The zero-order valence-corrected chi connectivity index (χ0v) is 11.4. The molecule has 0 saturated heterocycles. The van der Waals surface area contributed by atoms with Crippen LogP contribution in [0.15, 0.2) is 18.2 Å². The van der Waals surface area contributed by atoms with E-state index in [0.717, 1.165) is 23.5 Å². The molecule has 0 aliphatic carbocycles. The van der Waals surface area contributed by atoms with Crippen molar-refractivity contribution in [3.05, 3.63) is 45.7 Å². The maximum Gasteiger partial charge on any atom is 0.103 e. The van der Waals surface area contributed by atoms with Gasteiger partial charge in [-0.2, -0.15) is 10.4 Å². The van der Waals surface area contributed by atoms with Crippen molar-refractivity contribution in [1.82, 2.24) is 9.78 Å². The fourth-order valence-electron chi connectivity index (χ4n) is 2.22. The van der Waals surface area contributed by atoms with Gasteiger partial charge in [0.2, 0.25) is 0 Å². The van der Waals surface area contributed by atoms with Gasteiger partial charge in [0.05, 0.1) is 22.0 Å². The Bertz CT molecular complexity index is 635. The van der Waals surface area contributed by atoms with Gasteiger partial charge >= 0.3 is 0 Å². The van der Waals surface area contributed by atoms with Gasteiger partial charge in [-0.15, -0.1) is 0 Å². The standard InChI is InChI=1S/C14H14ClN3/c1-4-11-9(2)17-18(10(11)3)14-7-5-6-13(15)12(14)8-16/h5-7H,4H2,1-3H3. The molecule has 1 aromatic heterocycles. The van der Waals surface area contributed by atoms with E-state index in [9.17, 15) is 5.26 Å². The molecule has 0 saturated carbocycles. The maximum atomic E-state index is 9.21. The lowest BCUT2D eigenvalue weighted by atomic mass is 10.1. The highest BCUT2D eigenvalue weighted by Crippen LogP contribution is 2.25. The Hall–Kier alpha value is -1.79. The van der Waals surface area contributed by atoms with Crippen molar-refractivity contribution >= 4 is 11.6 Å². The highest BCUT2D eigenvalue weighted by Gasteiger charge is 2.15. The van der Waals surface area contributed by atoms with Crippen LogP contribution < -0.4 is 0 Å². The van der Waals surface area contributed by atoms with E-state index < -0.39 is 0 Å². The number of aromatic nitrogens is 2. The van der Waals surface area contributed by atoms with Crippen LogP contribution in [0.2, 0.25) is 5.02 Å². The first kappa shape index (κ1) is 12.7. The molecule has 0 N–H and O–H groups in total. The van der Waals surface area contributed by atoms with Crippen molar-refractivity contribution in [1.29, 1.82) is 5.26 Å². The number of hydrogen-bond donors (Lipinski definition) is 0. The highest BCUT2D eigenvalue weighted by molar-refractivity contribution is 6.32. The number of rotatable bonds is 2. The molecule has 0 bridgehead atoms. The molecular formula is C14H14ClN3. The molecule has 0 fully saturated rings. The molecule has 0 aliphatic heterocycles. The summed E-state index contributed by atoms with van der Waals surface area (Å²) in [4.78, 5) is 0. The van der Waals surface area contributed by atoms with Crippen molar-refractivity contribution in [2.45, 2.75) is 27.2 Å². The summed E-state index contributed by atoms with van der Waals surface area (Å²) in [5, 5.41) is 14.2. The zero-order chi connectivity index (χ0) is 13.3. The number of benzene rings is 1. The van der Waals surface area contributed by atoms with Crippen molar-refractivity contribution in [2.24, 2.45) is 0 Å². The van der Waals surface area contributed by atoms with Crippen LogP contribution in [0.4, 0.5) is 0 Å². The molecular weight excluding hydrogens is 246 g/mol. The van der Waals surface area contributed by atoms with Crippen LogP contribution in [0.5, 0.6) is 0 Å². The van der Waals surface area contributed by atoms with E-state index in [4.69, 9.17) is 11.6 Å². The molecule has 0 amide bonds. The molecule has 0 atom stereocenters. The molecule has 3 nitrogen and oxygen atoms in total. The van der Waals surface area contributed by atoms with E-state index in [1.165, 1.54) is 5.56 Å². The molecule has 18 heavy (non-hydrogen) atoms. The van der Waals surface area contributed by atoms with Crippen molar-refractivity contribution < 1.29 is 0 Å². The van der Waals surface area contributed by atoms with Gasteiger partial charge in [-0.25, -0.2) is 4.68 Å². The summed E-state index contributed by atoms with van der Waals surface area (Å²) in [5.41, 5.74) is 4.49. The van der Waals surface area contributed by atoms with Crippen molar-refractivity contribution in [3.8, 4) is 11.8 Å². The van der Waals surface area contributed by atoms with Gasteiger partial charge in [-0.3, -0.25) is 0 Å². The largest absolute Gasteiger partial charge is 0.236 e. The van der Waals surface area contributed by atoms with Crippen LogP contribution in [0, 0.1) is 25.2 Å². The van der Waals surface area contributed by atoms with Gasteiger partial charge in [0.25, 0.3) is 0 Å². The Morgan fingerprint density at radius 1 is 1.39 bits per heavy atom. The summed E-state index contributed by atoms with van der Waals surface area (Å²) >= 11 is 6.05. The first-order chi connectivity index (χ1) is 8.60. The molecule has 2 aromatic rings. The van der Waals surface area contributed by atoms with Crippen LogP contribution >= 0.6 is 11.6 Å². The molecule has 0 radical (unpaired) electrons. The van der Waals surface area contributed by atoms with Crippen molar-refractivity contribution in [3.63, 3.8) is 0 Å². The van der Waals surface area contributed by atoms with E-state index in [2.05, 4.69) is 18.1 Å². The first-order valence-electron chi connectivity index (χ1n) is 5.84. The molecule has 92 valence electrons. The van der Waals surface area contributed by atoms with Crippen LogP contribution in [-0.2, 0) is 6.42 Å². The molecule has 0 unspecified atom stereocenters. The summed E-state index contributed by atoms with van der Waals surface area (Å²) in [6.07, 6.45) is 0.931. The van der Waals surface area contributed by atoms with E-state index in [1.54, 1.807) is 10.7 Å². The maximum absolute atomic E-state index is 9.21. The van der Waals surface area contributed by atoms with E-state index in [0.29, 0.717) is 10.6 Å². The first-order valence-corrected chi connectivity index (χ1v) is 6.22. The molecule has 1 aromatic carbocycles. The average Bonchev–Trinajstić information content (AvgIpc) is 2.64. The predicted molar refractivity (Wildman–Crippen MR) is 72.1 cm³/mol. The predicted octanol–water partition coefficient (Wildman–Crippen LogP) is 3.58. The Kier molecular flexibility index (Phi) is 3.40. The topological polar surface area (TPSA) is 41.6 Å². The Morgan fingerprint density at radius 2 is 2.11 bits per heavy atom. The Morgan fingerprint density at radius 3 is 2.67 bits per heavy atom. The van der Waals surface area contributed by atoms with Crippen LogP contribution in [0.1, 0.15) is 29.4 Å². The van der Waals surface area contributed by atoms with Gasteiger partial charge in [0, 0.05) is 5.69 Å². The molecule has 1 heterocycles. The molecule has 2 rings (SSSR count). The monoisotopic (exact) mass is 259 g/mol. The number of nitrogens with zero attached hydrogens (tertiary/aromatic N) is 3. The summed E-state index contributed by atoms with van der Waals surface area (Å²) in [6.45, 7) is 6.10. The van der Waals surface area contributed by atoms with E-state index in [-0.39, 0.29) is 0 Å². The quantitative estimate of drug-likeness (QED) is 0.827. The van der Waals surface area contributed by atoms with Gasteiger partial charge in [-0.05, 0) is 38.0 Å². The minimum Gasteiger partial charge on any atom is -0.236 e. The second kappa shape index (κ2) is 4.83. The van der Waals surface area contributed by atoms with E-state index in [1.807, 2.05) is 26.0 Å². The molecule has 0 spiro atoms. The van der Waals surface area contributed by atoms with Crippen LogP contribution in [0.25, 0.3) is 5.69 Å². The average molecular weight is 260 g/mol. The fraction of sp³-hybridized carbons (Fsp3) is 0.286. The second-order valence-electron chi connectivity index (χ2n) is 4.16. The normalized spacial score (nSPS) is 10.4. The van der Waals surface area contributed by atoms with Gasteiger partial charge in [-0.1, -0.05) is 24.6 Å². The number of hydrogen-bond acceptors (Lipinski definition) is 2. The summed E-state index contributed by atoms with van der Waals surface area (Å²) in [7, 11) is 0. The smallest absolute Gasteiger partial charge is 0.103 e. The lowest BCUT2D eigenvalue weighted by molar-refractivity contribution is 0.830. The summed E-state index contributed by atoms with van der Waals surface area (Å²) < 4.78 is 1.80.